The molecule has 1 aromatic heterocycles. The average molecular weight is 305 g/mol. The van der Waals surface area contributed by atoms with Crippen LogP contribution in [0.2, 0.25) is 0 Å². The Kier molecular flexibility index (Phi) is 6.06. The molecule has 118 valence electrons. The molecule has 0 aliphatic carbocycles. The second-order valence-electron chi connectivity index (χ2n) is 5.04. The molecule has 1 heterocycles. The molecule has 1 aromatic carbocycles. The molecule has 1 amide bonds. The number of amides is 1. The first-order valence-corrected chi connectivity index (χ1v) is 7.54. The number of hydrogen-bond donors (Lipinski definition) is 1. The summed E-state index contributed by atoms with van der Waals surface area (Å²) in [7, 11) is 0. The van der Waals surface area contributed by atoms with Gasteiger partial charge in [0.15, 0.2) is 0 Å². The molecule has 1 N–H and O–H groups in total. The number of carbonyl (C=O) groups excluding carboxylic acids is 1. The van der Waals surface area contributed by atoms with E-state index in [9.17, 15) is 9.18 Å². The van der Waals surface area contributed by atoms with E-state index < -0.39 is 5.82 Å². The lowest BCUT2D eigenvalue weighted by atomic mass is 10.2. The lowest BCUT2D eigenvalue weighted by Gasteiger charge is -2.02. The molecule has 0 aliphatic heterocycles. The third kappa shape index (κ3) is 4.65. The second-order valence-corrected chi connectivity index (χ2v) is 5.04. The van der Waals surface area contributed by atoms with Crippen molar-refractivity contribution in [3.05, 3.63) is 36.0 Å². The monoisotopic (exact) mass is 305 g/mol. The van der Waals surface area contributed by atoms with Gasteiger partial charge in [-0.25, -0.2) is 4.39 Å². The first-order chi connectivity index (χ1) is 10.7. The summed E-state index contributed by atoms with van der Waals surface area (Å²) in [5.74, 6) is 0.0199. The molecule has 0 spiro atoms. The topological polar surface area (TPSA) is 68.0 Å². The number of aromatic nitrogens is 2. The maximum absolute atomic E-state index is 13.6. The molecule has 0 saturated heterocycles. The van der Waals surface area contributed by atoms with Gasteiger partial charge in [-0.3, -0.25) is 4.79 Å². The first kappa shape index (κ1) is 16.1. The summed E-state index contributed by atoms with van der Waals surface area (Å²) >= 11 is 0. The van der Waals surface area contributed by atoms with Crippen LogP contribution in [0.5, 0.6) is 0 Å². The summed E-state index contributed by atoms with van der Waals surface area (Å²) in [6, 6.07) is 6.21. The number of unbranched alkanes of at least 4 members (excludes halogenated alkanes) is 2. The van der Waals surface area contributed by atoms with Gasteiger partial charge in [-0.05, 0) is 18.6 Å². The molecule has 0 radical (unpaired) electrons. The minimum absolute atomic E-state index is 0.0401. The van der Waals surface area contributed by atoms with E-state index in [-0.39, 0.29) is 23.8 Å². The van der Waals surface area contributed by atoms with Crippen molar-refractivity contribution in [3.63, 3.8) is 0 Å². The third-order valence-electron chi connectivity index (χ3n) is 3.24. The Morgan fingerprint density at radius 1 is 1.27 bits per heavy atom. The highest BCUT2D eigenvalue weighted by atomic mass is 19.1. The number of nitrogens with zero attached hydrogens (tertiary/aromatic N) is 2. The van der Waals surface area contributed by atoms with Crippen LogP contribution in [0.15, 0.2) is 28.7 Å². The normalized spacial score (nSPS) is 10.6. The van der Waals surface area contributed by atoms with E-state index in [0.29, 0.717) is 18.9 Å². The lowest BCUT2D eigenvalue weighted by Crippen LogP contribution is -2.24. The van der Waals surface area contributed by atoms with Crippen molar-refractivity contribution in [2.75, 3.05) is 6.54 Å². The highest BCUT2D eigenvalue weighted by Crippen LogP contribution is 2.21. The quantitative estimate of drug-likeness (QED) is 0.761. The molecule has 0 unspecified atom stereocenters. The SMILES string of the molecule is CCCCCNC(=O)CCc1nnc(-c2ccccc2F)o1. The number of halogens is 1. The fourth-order valence-electron chi connectivity index (χ4n) is 2.01. The Morgan fingerprint density at radius 2 is 2.09 bits per heavy atom. The fourth-order valence-corrected chi connectivity index (χ4v) is 2.01. The smallest absolute Gasteiger partial charge is 0.250 e. The van der Waals surface area contributed by atoms with Gasteiger partial charge in [0.05, 0.1) is 5.56 Å². The molecule has 0 fully saturated rings. The summed E-state index contributed by atoms with van der Waals surface area (Å²) in [4.78, 5) is 11.6. The molecule has 0 atom stereocenters. The minimum Gasteiger partial charge on any atom is -0.421 e. The van der Waals surface area contributed by atoms with Gasteiger partial charge in [0.25, 0.3) is 5.89 Å². The Balaban J connectivity index is 1.83. The van der Waals surface area contributed by atoms with Crippen molar-refractivity contribution in [2.45, 2.75) is 39.0 Å². The van der Waals surface area contributed by atoms with Gasteiger partial charge < -0.3 is 9.73 Å². The van der Waals surface area contributed by atoms with E-state index in [0.717, 1.165) is 19.3 Å². The van der Waals surface area contributed by atoms with E-state index in [4.69, 9.17) is 4.42 Å². The van der Waals surface area contributed by atoms with Gasteiger partial charge in [0, 0.05) is 19.4 Å². The number of nitrogens with one attached hydrogen (secondary N) is 1. The molecular formula is C16H20FN3O2. The van der Waals surface area contributed by atoms with Crippen molar-refractivity contribution in [1.82, 2.24) is 15.5 Å². The van der Waals surface area contributed by atoms with Gasteiger partial charge in [0.2, 0.25) is 11.8 Å². The summed E-state index contributed by atoms with van der Waals surface area (Å²) < 4.78 is 19.0. The zero-order valence-electron chi connectivity index (χ0n) is 12.6. The number of benzene rings is 1. The van der Waals surface area contributed by atoms with Crippen LogP contribution < -0.4 is 5.32 Å². The summed E-state index contributed by atoms with van der Waals surface area (Å²) in [5.41, 5.74) is 0.269. The summed E-state index contributed by atoms with van der Waals surface area (Å²) in [5, 5.41) is 10.5. The molecular weight excluding hydrogens is 285 g/mol. The van der Waals surface area contributed by atoms with Gasteiger partial charge >= 0.3 is 0 Å². The minimum atomic E-state index is -0.411. The maximum atomic E-state index is 13.6. The summed E-state index contributed by atoms with van der Waals surface area (Å²) in [6.45, 7) is 2.81. The predicted molar refractivity (Wildman–Crippen MR) is 80.5 cm³/mol. The van der Waals surface area contributed by atoms with E-state index in [1.165, 1.54) is 6.07 Å². The lowest BCUT2D eigenvalue weighted by molar-refractivity contribution is -0.121. The Morgan fingerprint density at radius 3 is 2.86 bits per heavy atom. The Hall–Kier alpha value is -2.24. The van der Waals surface area contributed by atoms with Crippen LogP contribution in [0.3, 0.4) is 0 Å². The standard InChI is InChI=1S/C16H20FN3O2/c1-2-3-6-11-18-14(21)9-10-15-19-20-16(22-15)12-7-4-5-8-13(12)17/h4-5,7-8H,2-3,6,9-11H2,1H3,(H,18,21). The average Bonchev–Trinajstić information content (AvgIpc) is 2.99. The van der Waals surface area contributed by atoms with Crippen LogP contribution in [-0.2, 0) is 11.2 Å². The van der Waals surface area contributed by atoms with Gasteiger partial charge in [0.1, 0.15) is 5.82 Å². The molecule has 6 heteroatoms. The highest BCUT2D eigenvalue weighted by Gasteiger charge is 2.13. The van der Waals surface area contributed by atoms with Crippen LogP contribution in [-0.4, -0.2) is 22.6 Å². The fraction of sp³-hybridized carbons (Fsp3) is 0.438. The van der Waals surface area contributed by atoms with Crippen molar-refractivity contribution < 1.29 is 13.6 Å². The van der Waals surface area contributed by atoms with Gasteiger partial charge in [-0.2, -0.15) is 0 Å². The predicted octanol–water partition coefficient (Wildman–Crippen LogP) is 3.11. The highest BCUT2D eigenvalue weighted by molar-refractivity contribution is 5.75. The first-order valence-electron chi connectivity index (χ1n) is 7.54. The maximum Gasteiger partial charge on any atom is 0.250 e. The zero-order valence-corrected chi connectivity index (χ0v) is 12.6. The van der Waals surface area contributed by atoms with Crippen LogP contribution in [0.4, 0.5) is 4.39 Å². The number of hydrogen-bond acceptors (Lipinski definition) is 4. The van der Waals surface area contributed by atoms with Gasteiger partial charge in [-0.15, -0.1) is 10.2 Å². The third-order valence-corrected chi connectivity index (χ3v) is 3.24. The Labute approximate surface area is 128 Å². The molecule has 5 nitrogen and oxygen atoms in total. The van der Waals surface area contributed by atoms with Crippen LogP contribution >= 0.6 is 0 Å². The van der Waals surface area contributed by atoms with Crippen molar-refractivity contribution >= 4 is 5.91 Å². The number of carbonyl (C=O) groups is 1. The van der Waals surface area contributed by atoms with E-state index >= 15 is 0 Å². The van der Waals surface area contributed by atoms with E-state index in [2.05, 4.69) is 22.4 Å². The van der Waals surface area contributed by atoms with Crippen molar-refractivity contribution in [3.8, 4) is 11.5 Å². The molecule has 0 bridgehead atoms. The van der Waals surface area contributed by atoms with Crippen LogP contribution in [0.1, 0.15) is 38.5 Å². The second kappa shape index (κ2) is 8.26. The van der Waals surface area contributed by atoms with Crippen molar-refractivity contribution in [1.29, 1.82) is 0 Å². The molecule has 0 saturated carbocycles. The van der Waals surface area contributed by atoms with E-state index in [1.807, 2.05) is 0 Å². The number of rotatable bonds is 8. The number of aryl methyl sites for hydroxylation is 1. The Bertz CT molecular complexity index is 613. The zero-order chi connectivity index (χ0) is 15.8. The van der Waals surface area contributed by atoms with Gasteiger partial charge in [-0.1, -0.05) is 31.9 Å². The van der Waals surface area contributed by atoms with Crippen LogP contribution in [0, 0.1) is 5.82 Å². The van der Waals surface area contributed by atoms with Crippen LogP contribution in [0.25, 0.3) is 11.5 Å². The molecule has 2 rings (SSSR count). The largest absolute Gasteiger partial charge is 0.421 e. The van der Waals surface area contributed by atoms with Crippen molar-refractivity contribution in [2.24, 2.45) is 0 Å². The summed E-state index contributed by atoms with van der Waals surface area (Å²) in [6.07, 6.45) is 3.85. The molecule has 0 aliphatic rings. The van der Waals surface area contributed by atoms with E-state index in [1.54, 1.807) is 18.2 Å². The molecule has 2 aromatic rings. The molecule has 22 heavy (non-hydrogen) atoms.